The Morgan fingerprint density at radius 2 is 2.00 bits per heavy atom. The molecular formula is C13H24ClN3S. The lowest BCUT2D eigenvalue weighted by atomic mass is 10.3. The van der Waals surface area contributed by atoms with Gasteiger partial charge in [-0.2, -0.15) is 0 Å². The van der Waals surface area contributed by atoms with Crippen LogP contribution in [0.15, 0.2) is 5.38 Å². The molecule has 0 unspecified atom stereocenters. The van der Waals surface area contributed by atoms with E-state index in [2.05, 4.69) is 41.2 Å². The Kier molecular flexibility index (Phi) is 7.82. The second-order valence-electron chi connectivity index (χ2n) is 4.76. The summed E-state index contributed by atoms with van der Waals surface area (Å²) >= 11 is 7.49. The van der Waals surface area contributed by atoms with Crippen LogP contribution in [0.3, 0.4) is 0 Å². The van der Waals surface area contributed by atoms with Gasteiger partial charge in [-0.1, -0.05) is 6.92 Å². The first-order chi connectivity index (χ1) is 8.65. The Balaban J connectivity index is 2.35. The van der Waals surface area contributed by atoms with Gasteiger partial charge >= 0.3 is 0 Å². The van der Waals surface area contributed by atoms with Crippen molar-refractivity contribution in [2.24, 2.45) is 0 Å². The number of thiazole rings is 1. The van der Waals surface area contributed by atoms with Crippen LogP contribution >= 0.6 is 22.9 Å². The van der Waals surface area contributed by atoms with Crippen molar-refractivity contribution in [2.45, 2.75) is 25.6 Å². The number of aromatic nitrogens is 1. The van der Waals surface area contributed by atoms with Gasteiger partial charge in [0.15, 0.2) is 0 Å². The second kappa shape index (κ2) is 8.86. The standard InChI is InChI=1S/C13H24ClN3S/c1-4-6-17(9-8-16(2)3)7-5-13-15-12(10-14)11-18-13/h11H,4-10H2,1-3H3. The number of hydrogen-bond acceptors (Lipinski definition) is 4. The fourth-order valence-corrected chi connectivity index (χ4v) is 2.79. The van der Waals surface area contributed by atoms with E-state index >= 15 is 0 Å². The highest BCUT2D eigenvalue weighted by atomic mass is 35.5. The molecule has 18 heavy (non-hydrogen) atoms. The van der Waals surface area contributed by atoms with Crippen molar-refractivity contribution in [1.29, 1.82) is 0 Å². The quantitative estimate of drug-likeness (QED) is 0.652. The van der Waals surface area contributed by atoms with Crippen LogP contribution in [0.2, 0.25) is 0 Å². The summed E-state index contributed by atoms with van der Waals surface area (Å²) in [6, 6.07) is 0. The van der Waals surface area contributed by atoms with Gasteiger partial charge in [0, 0.05) is 31.4 Å². The molecule has 1 aromatic heterocycles. The van der Waals surface area contributed by atoms with Crippen LogP contribution in [0, 0.1) is 0 Å². The van der Waals surface area contributed by atoms with Gasteiger partial charge in [0.1, 0.15) is 0 Å². The average molecular weight is 290 g/mol. The highest BCUT2D eigenvalue weighted by Gasteiger charge is 2.07. The molecule has 3 nitrogen and oxygen atoms in total. The lowest BCUT2D eigenvalue weighted by Gasteiger charge is -2.23. The van der Waals surface area contributed by atoms with E-state index in [-0.39, 0.29) is 0 Å². The number of hydrogen-bond donors (Lipinski definition) is 0. The molecule has 0 atom stereocenters. The number of nitrogens with zero attached hydrogens (tertiary/aromatic N) is 3. The van der Waals surface area contributed by atoms with Gasteiger partial charge in [-0.15, -0.1) is 22.9 Å². The average Bonchev–Trinajstić information content (AvgIpc) is 2.80. The molecule has 0 N–H and O–H groups in total. The molecule has 0 saturated heterocycles. The predicted octanol–water partition coefficient (Wildman–Crippen LogP) is 2.70. The molecule has 0 aliphatic carbocycles. The van der Waals surface area contributed by atoms with Crippen LogP contribution in [0.5, 0.6) is 0 Å². The lowest BCUT2D eigenvalue weighted by molar-refractivity contribution is 0.243. The molecule has 0 fully saturated rings. The first-order valence-electron chi connectivity index (χ1n) is 6.52. The van der Waals surface area contributed by atoms with Gasteiger partial charge in [-0.25, -0.2) is 4.98 Å². The highest BCUT2D eigenvalue weighted by molar-refractivity contribution is 7.09. The van der Waals surface area contributed by atoms with Crippen molar-refractivity contribution in [3.8, 4) is 0 Å². The molecule has 0 amide bonds. The zero-order valence-corrected chi connectivity index (χ0v) is 13.2. The molecule has 5 heteroatoms. The van der Waals surface area contributed by atoms with Gasteiger partial charge < -0.3 is 9.80 Å². The molecule has 0 saturated carbocycles. The summed E-state index contributed by atoms with van der Waals surface area (Å²) in [6.45, 7) is 6.75. The fourth-order valence-electron chi connectivity index (χ4n) is 1.77. The van der Waals surface area contributed by atoms with Gasteiger partial charge in [0.05, 0.1) is 16.6 Å². The minimum absolute atomic E-state index is 0.524. The number of alkyl halides is 1. The number of likely N-dealkylation sites (N-methyl/N-ethyl adjacent to an activating group) is 1. The minimum Gasteiger partial charge on any atom is -0.308 e. The van der Waals surface area contributed by atoms with Crippen molar-refractivity contribution >= 4 is 22.9 Å². The molecule has 104 valence electrons. The van der Waals surface area contributed by atoms with Crippen LogP contribution in [0.1, 0.15) is 24.0 Å². The monoisotopic (exact) mass is 289 g/mol. The van der Waals surface area contributed by atoms with Crippen LogP contribution in [-0.2, 0) is 12.3 Å². The van der Waals surface area contributed by atoms with E-state index in [0.717, 1.165) is 31.7 Å². The zero-order valence-electron chi connectivity index (χ0n) is 11.7. The van der Waals surface area contributed by atoms with Gasteiger partial charge in [0.25, 0.3) is 0 Å². The summed E-state index contributed by atoms with van der Waals surface area (Å²) in [6.07, 6.45) is 2.24. The Labute approximate surface area is 120 Å². The molecule has 1 rings (SSSR count). The largest absolute Gasteiger partial charge is 0.308 e. The van der Waals surface area contributed by atoms with Crippen molar-refractivity contribution in [2.75, 3.05) is 40.3 Å². The van der Waals surface area contributed by atoms with E-state index in [4.69, 9.17) is 11.6 Å². The molecule has 0 aliphatic rings. The van der Waals surface area contributed by atoms with Crippen LogP contribution < -0.4 is 0 Å². The van der Waals surface area contributed by atoms with Crippen molar-refractivity contribution in [3.05, 3.63) is 16.1 Å². The van der Waals surface area contributed by atoms with Crippen molar-refractivity contribution in [1.82, 2.24) is 14.8 Å². The van der Waals surface area contributed by atoms with Gasteiger partial charge in [-0.05, 0) is 27.1 Å². The Morgan fingerprint density at radius 3 is 2.56 bits per heavy atom. The maximum Gasteiger partial charge on any atom is 0.0941 e. The van der Waals surface area contributed by atoms with Gasteiger partial charge in [-0.3, -0.25) is 0 Å². The van der Waals surface area contributed by atoms with Gasteiger partial charge in [0.2, 0.25) is 0 Å². The Bertz CT molecular complexity index is 328. The molecule has 1 aromatic rings. The summed E-state index contributed by atoms with van der Waals surface area (Å²) in [5.74, 6) is 0.524. The van der Waals surface area contributed by atoms with E-state index in [1.165, 1.54) is 18.0 Å². The third-order valence-corrected chi connectivity index (χ3v) is 4.01. The first-order valence-corrected chi connectivity index (χ1v) is 7.93. The predicted molar refractivity (Wildman–Crippen MR) is 80.7 cm³/mol. The minimum atomic E-state index is 0.524. The Hall–Kier alpha value is -0.160. The summed E-state index contributed by atoms with van der Waals surface area (Å²) in [5, 5.41) is 3.27. The number of halogens is 1. The van der Waals surface area contributed by atoms with E-state index in [1.54, 1.807) is 11.3 Å². The summed E-state index contributed by atoms with van der Waals surface area (Å²) in [4.78, 5) is 9.25. The maximum absolute atomic E-state index is 5.77. The fraction of sp³-hybridized carbons (Fsp3) is 0.769. The summed E-state index contributed by atoms with van der Waals surface area (Å²) in [7, 11) is 4.25. The van der Waals surface area contributed by atoms with Crippen molar-refractivity contribution < 1.29 is 0 Å². The Morgan fingerprint density at radius 1 is 1.22 bits per heavy atom. The normalized spacial score (nSPS) is 11.7. The van der Waals surface area contributed by atoms with E-state index in [1.807, 2.05) is 0 Å². The van der Waals surface area contributed by atoms with Crippen LogP contribution in [-0.4, -0.2) is 55.1 Å². The second-order valence-corrected chi connectivity index (χ2v) is 5.97. The van der Waals surface area contributed by atoms with E-state index in [9.17, 15) is 0 Å². The van der Waals surface area contributed by atoms with Crippen molar-refractivity contribution in [3.63, 3.8) is 0 Å². The molecule has 0 aliphatic heterocycles. The third-order valence-electron chi connectivity index (χ3n) is 2.78. The molecular weight excluding hydrogens is 266 g/mol. The maximum atomic E-state index is 5.77. The molecule has 1 heterocycles. The van der Waals surface area contributed by atoms with E-state index in [0.29, 0.717) is 5.88 Å². The summed E-state index contributed by atoms with van der Waals surface area (Å²) < 4.78 is 0. The lowest BCUT2D eigenvalue weighted by Crippen LogP contribution is -2.33. The molecule has 0 bridgehead atoms. The highest BCUT2D eigenvalue weighted by Crippen LogP contribution is 2.12. The smallest absolute Gasteiger partial charge is 0.0941 e. The third kappa shape index (κ3) is 6.14. The van der Waals surface area contributed by atoms with Crippen LogP contribution in [0.4, 0.5) is 0 Å². The molecule has 0 aromatic carbocycles. The molecule has 0 spiro atoms. The van der Waals surface area contributed by atoms with Crippen LogP contribution in [0.25, 0.3) is 0 Å². The zero-order chi connectivity index (χ0) is 13.4. The SMILES string of the molecule is CCCN(CCc1nc(CCl)cs1)CCN(C)C. The van der Waals surface area contributed by atoms with E-state index < -0.39 is 0 Å². The number of rotatable bonds is 9. The first kappa shape index (κ1) is 15.9. The molecule has 0 radical (unpaired) electrons. The topological polar surface area (TPSA) is 19.4 Å². The summed E-state index contributed by atoms with van der Waals surface area (Å²) in [5.41, 5.74) is 1.01.